The van der Waals surface area contributed by atoms with Gasteiger partial charge in [-0.2, -0.15) is 0 Å². The molecule has 0 aromatic carbocycles. The van der Waals surface area contributed by atoms with Crippen LogP contribution in [0, 0.1) is 34.5 Å². The molecule has 2 aliphatic carbocycles. The van der Waals surface area contributed by atoms with Crippen molar-refractivity contribution in [3.63, 3.8) is 0 Å². The van der Waals surface area contributed by atoms with Crippen molar-refractivity contribution in [3.8, 4) is 0 Å². The van der Waals surface area contributed by atoms with E-state index in [0.29, 0.717) is 0 Å². The van der Waals surface area contributed by atoms with E-state index < -0.39 is 23.8 Å². The summed E-state index contributed by atoms with van der Waals surface area (Å²) in [5.74, 6) is -2.20. The van der Waals surface area contributed by atoms with Crippen molar-refractivity contribution in [1.29, 1.82) is 0 Å². The van der Waals surface area contributed by atoms with E-state index in [1.165, 1.54) is 0 Å². The molecule has 0 heterocycles. The summed E-state index contributed by atoms with van der Waals surface area (Å²) >= 11 is 22.6. The highest BCUT2D eigenvalue weighted by atomic mass is 35.5. The number of ether oxygens (including phenoxy) is 1. The van der Waals surface area contributed by atoms with Crippen LogP contribution in [0.2, 0.25) is 0 Å². The van der Waals surface area contributed by atoms with E-state index in [-0.39, 0.29) is 31.6 Å². The lowest BCUT2D eigenvalue weighted by atomic mass is 10.1. The van der Waals surface area contributed by atoms with Gasteiger partial charge in [0, 0.05) is 0 Å². The maximum atomic E-state index is 12.3. The molecule has 23 heavy (non-hydrogen) atoms. The van der Waals surface area contributed by atoms with Crippen molar-refractivity contribution in [2.24, 2.45) is 34.5 Å². The van der Waals surface area contributed by atoms with Crippen molar-refractivity contribution in [2.75, 3.05) is 0 Å². The highest BCUT2D eigenvalue weighted by molar-refractivity contribution is 6.56. The van der Waals surface area contributed by atoms with Crippen LogP contribution < -0.4 is 0 Å². The summed E-state index contributed by atoms with van der Waals surface area (Å²) in [5, 5.41) is 0. The van der Waals surface area contributed by atoms with Gasteiger partial charge in [-0.1, -0.05) is 74.1 Å². The van der Waals surface area contributed by atoms with Gasteiger partial charge in [0.2, 0.25) is 0 Å². The van der Waals surface area contributed by atoms with Crippen molar-refractivity contribution in [3.05, 3.63) is 21.1 Å². The Morgan fingerprint density at radius 1 is 0.783 bits per heavy atom. The van der Waals surface area contributed by atoms with Crippen molar-refractivity contribution in [2.45, 2.75) is 27.7 Å². The molecule has 0 radical (unpaired) electrons. The van der Waals surface area contributed by atoms with E-state index in [4.69, 9.17) is 51.1 Å². The topological polar surface area (TPSA) is 43.4 Å². The minimum Gasteiger partial charge on any atom is -0.393 e. The monoisotopic (exact) mass is 398 g/mol. The number of esters is 2. The third-order valence-corrected chi connectivity index (χ3v) is 5.65. The van der Waals surface area contributed by atoms with Crippen LogP contribution in [-0.2, 0) is 14.3 Å². The molecule has 0 N–H and O–H groups in total. The van der Waals surface area contributed by atoms with Crippen LogP contribution in [0.3, 0.4) is 0 Å². The number of carbonyl (C=O) groups is 2. The van der Waals surface area contributed by atoms with Gasteiger partial charge in [-0.25, -0.2) is 0 Å². The molecule has 2 aliphatic rings. The van der Waals surface area contributed by atoms with Crippen LogP contribution in [0.4, 0.5) is 0 Å². The SMILES string of the molecule is CC1(C)C(C=C(Cl)Cl)C1C(=O)OC(=O)C1C(C=C(Cl)Cl)C1(C)C. The predicted molar refractivity (Wildman–Crippen MR) is 92.2 cm³/mol. The smallest absolute Gasteiger partial charge is 0.317 e. The van der Waals surface area contributed by atoms with Crippen LogP contribution in [-0.4, -0.2) is 11.9 Å². The first-order valence-corrected chi connectivity index (χ1v) is 8.73. The minimum atomic E-state index is -0.543. The molecule has 0 aliphatic heterocycles. The fraction of sp³-hybridized carbons (Fsp3) is 0.625. The van der Waals surface area contributed by atoms with Gasteiger partial charge in [-0.05, 0) is 34.8 Å². The maximum Gasteiger partial charge on any atom is 0.317 e. The van der Waals surface area contributed by atoms with Gasteiger partial charge in [0.25, 0.3) is 0 Å². The Labute approximate surface area is 155 Å². The Morgan fingerprint density at radius 3 is 1.35 bits per heavy atom. The van der Waals surface area contributed by atoms with Gasteiger partial charge < -0.3 is 4.74 Å². The van der Waals surface area contributed by atoms with Gasteiger partial charge in [-0.3, -0.25) is 9.59 Å². The lowest BCUT2D eigenvalue weighted by molar-refractivity contribution is -0.162. The summed E-state index contributed by atoms with van der Waals surface area (Å²) < 4.78 is 5.30. The largest absolute Gasteiger partial charge is 0.393 e. The molecule has 0 amide bonds. The second kappa shape index (κ2) is 6.25. The zero-order chi connectivity index (χ0) is 17.7. The molecule has 4 atom stereocenters. The molecule has 0 aromatic heterocycles. The number of hydrogen-bond donors (Lipinski definition) is 0. The van der Waals surface area contributed by atoms with Gasteiger partial charge >= 0.3 is 11.9 Å². The first-order chi connectivity index (χ1) is 10.4. The van der Waals surface area contributed by atoms with Crippen LogP contribution in [0.25, 0.3) is 0 Å². The lowest BCUT2D eigenvalue weighted by Gasteiger charge is -2.05. The second-order valence-electron chi connectivity index (χ2n) is 7.30. The van der Waals surface area contributed by atoms with E-state index in [1.807, 2.05) is 27.7 Å². The summed E-state index contributed by atoms with van der Waals surface area (Å²) in [6.07, 6.45) is 3.22. The molecule has 0 bridgehead atoms. The van der Waals surface area contributed by atoms with Gasteiger partial charge in [0.1, 0.15) is 8.98 Å². The fourth-order valence-corrected chi connectivity index (χ4v) is 3.92. The van der Waals surface area contributed by atoms with E-state index in [9.17, 15) is 9.59 Å². The Morgan fingerprint density at radius 2 is 1.09 bits per heavy atom. The zero-order valence-corrected chi connectivity index (χ0v) is 16.2. The van der Waals surface area contributed by atoms with Crippen LogP contribution >= 0.6 is 46.4 Å². The van der Waals surface area contributed by atoms with Crippen LogP contribution in [0.15, 0.2) is 21.1 Å². The third-order valence-electron chi connectivity index (χ3n) is 5.14. The maximum absolute atomic E-state index is 12.3. The Bertz CT molecular complexity index is 546. The molecule has 2 rings (SSSR count). The van der Waals surface area contributed by atoms with Crippen molar-refractivity contribution in [1.82, 2.24) is 0 Å². The number of halogens is 4. The molecule has 3 nitrogen and oxygen atoms in total. The number of carbonyl (C=O) groups excluding carboxylic acids is 2. The summed E-state index contributed by atoms with van der Waals surface area (Å²) in [6, 6.07) is 0. The quantitative estimate of drug-likeness (QED) is 0.479. The first-order valence-electron chi connectivity index (χ1n) is 7.22. The third kappa shape index (κ3) is 3.73. The molecule has 0 saturated heterocycles. The van der Waals surface area contributed by atoms with Gasteiger partial charge in [0.05, 0.1) is 11.8 Å². The van der Waals surface area contributed by atoms with Crippen LogP contribution in [0.1, 0.15) is 27.7 Å². The van der Waals surface area contributed by atoms with E-state index in [1.54, 1.807) is 12.2 Å². The molecule has 2 fully saturated rings. The summed E-state index contributed by atoms with van der Waals surface area (Å²) in [4.78, 5) is 24.5. The molecule has 0 spiro atoms. The summed E-state index contributed by atoms with van der Waals surface area (Å²) in [5.41, 5.74) is -0.658. The molecule has 7 heteroatoms. The van der Waals surface area contributed by atoms with E-state index in [0.717, 1.165) is 0 Å². The average molecular weight is 400 g/mol. The number of hydrogen-bond acceptors (Lipinski definition) is 3. The van der Waals surface area contributed by atoms with Gasteiger partial charge in [0.15, 0.2) is 0 Å². The number of allylic oxidation sites excluding steroid dienone is 2. The Balaban J connectivity index is 2.01. The first kappa shape index (κ1) is 19.1. The highest BCUT2D eigenvalue weighted by Gasteiger charge is 2.65. The highest BCUT2D eigenvalue weighted by Crippen LogP contribution is 2.62. The Kier molecular flexibility index (Phi) is 5.20. The second-order valence-corrected chi connectivity index (χ2v) is 9.32. The standard InChI is InChI=1S/C16H18Cl4O3/c1-15(2)7(5-9(17)18)11(15)13(21)23-14(22)12-8(6-10(19)20)16(12,3)4/h5-8,11-12H,1-4H3. The molecule has 0 aromatic rings. The minimum absolute atomic E-state index is 0.106. The summed E-state index contributed by atoms with van der Waals surface area (Å²) in [7, 11) is 0. The van der Waals surface area contributed by atoms with Crippen LogP contribution in [0.5, 0.6) is 0 Å². The lowest BCUT2D eigenvalue weighted by Crippen LogP contribution is -2.19. The zero-order valence-electron chi connectivity index (χ0n) is 13.2. The van der Waals surface area contributed by atoms with Gasteiger partial charge in [-0.15, -0.1) is 0 Å². The molecule has 128 valence electrons. The van der Waals surface area contributed by atoms with Crippen molar-refractivity contribution >= 4 is 58.3 Å². The number of rotatable bonds is 4. The molecular weight excluding hydrogens is 382 g/mol. The van der Waals surface area contributed by atoms with E-state index >= 15 is 0 Å². The normalized spacial score (nSPS) is 32.5. The predicted octanol–water partition coefficient (Wildman–Crippen LogP) is 5.24. The summed E-state index contributed by atoms with van der Waals surface area (Å²) in [6.45, 7) is 7.62. The molecule has 4 unspecified atom stereocenters. The molecule has 2 saturated carbocycles. The molecular formula is C16H18Cl4O3. The Hall–Kier alpha value is -0.220. The van der Waals surface area contributed by atoms with Crippen molar-refractivity contribution < 1.29 is 14.3 Å². The average Bonchev–Trinajstić information content (AvgIpc) is 3.08. The van der Waals surface area contributed by atoms with E-state index in [2.05, 4.69) is 0 Å². The fourth-order valence-electron chi connectivity index (χ4n) is 3.38.